The minimum Gasteiger partial charge on any atom is -0.481 e. The van der Waals surface area contributed by atoms with E-state index in [1.165, 1.54) is 27.4 Å². The number of carboxylic acid groups (broad SMARTS) is 1. The Kier molecular flexibility index (Phi) is 5.93. The van der Waals surface area contributed by atoms with Crippen molar-refractivity contribution in [1.82, 2.24) is 4.57 Å². The number of aromatic nitrogens is 1. The van der Waals surface area contributed by atoms with Gasteiger partial charge in [-0.1, -0.05) is 84.9 Å². The number of carboxylic acids is 1. The van der Waals surface area contributed by atoms with E-state index in [0.29, 0.717) is 0 Å². The molecule has 0 aliphatic carbocycles. The van der Waals surface area contributed by atoms with Crippen LogP contribution in [-0.4, -0.2) is 15.6 Å². The first-order chi connectivity index (χ1) is 16.1. The van der Waals surface area contributed by atoms with Crippen LogP contribution in [0.25, 0.3) is 21.8 Å². The number of benzene rings is 4. The molecule has 0 bridgehead atoms. The number of fused-ring (bicyclic) bond motifs is 3. The number of nitrogens with zero attached hydrogens (tertiary/aromatic N) is 1. The van der Waals surface area contributed by atoms with Crippen molar-refractivity contribution in [3.8, 4) is 0 Å². The Labute approximate surface area is 197 Å². The van der Waals surface area contributed by atoms with Crippen molar-refractivity contribution in [1.29, 1.82) is 0 Å². The number of aliphatic carboxylic acids is 1. The highest BCUT2D eigenvalue weighted by Gasteiger charge is 2.21. The molecular weight excluding hydrogens is 426 g/mol. The lowest BCUT2D eigenvalue weighted by Crippen LogP contribution is -2.05. The quantitative estimate of drug-likeness (QED) is 0.269. The van der Waals surface area contributed by atoms with E-state index in [0.717, 1.165) is 33.8 Å². The normalized spacial score (nSPS) is 11.3. The van der Waals surface area contributed by atoms with Crippen molar-refractivity contribution < 1.29 is 9.90 Å². The summed E-state index contributed by atoms with van der Waals surface area (Å²) in [5.41, 5.74) is 6.76. The Morgan fingerprint density at radius 1 is 0.879 bits per heavy atom. The fourth-order valence-corrected chi connectivity index (χ4v) is 5.77. The second-order valence-corrected chi connectivity index (χ2v) is 9.32. The molecule has 5 aromatic rings. The second kappa shape index (κ2) is 9.16. The van der Waals surface area contributed by atoms with E-state index in [1.54, 1.807) is 11.8 Å². The van der Waals surface area contributed by atoms with E-state index in [9.17, 15) is 9.90 Å². The molecule has 0 radical (unpaired) electrons. The Hall–Kier alpha value is -3.50. The third-order valence-corrected chi connectivity index (χ3v) is 7.24. The number of hydrogen-bond acceptors (Lipinski definition) is 2. The van der Waals surface area contributed by atoms with Crippen LogP contribution in [0.1, 0.15) is 22.3 Å². The highest BCUT2D eigenvalue weighted by molar-refractivity contribution is 7.98. The fourth-order valence-electron chi connectivity index (χ4n) is 4.61. The molecular formula is C29H25NO2S. The molecule has 0 saturated carbocycles. The van der Waals surface area contributed by atoms with Gasteiger partial charge in [-0.25, -0.2) is 0 Å². The average molecular weight is 452 g/mol. The highest BCUT2D eigenvalue weighted by atomic mass is 32.2. The van der Waals surface area contributed by atoms with Gasteiger partial charge in [0, 0.05) is 33.5 Å². The number of hydrogen-bond donors (Lipinski definition) is 1. The van der Waals surface area contributed by atoms with Crippen molar-refractivity contribution in [3.05, 3.63) is 113 Å². The van der Waals surface area contributed by atoms with Crippen LogP contribution in [0.15, 0.2) is 95.9 Å². The topological polar surface area (TPSA) is 42.2 Å². The number of rotatable bonds is 7. The summed E-state index contributed by atoms with van der Waals surface area (Å²) in [7, 11) is 0. The number of thioether (sulfide) groups is 1. The summed E-state index contributed by atoms with van der Waals surface area (Å²) in [6.07, 6.45) is 0.0146. The van der Waals surface area contributed by atoms with E-state index >= 15 is 0 Å². The summed E-state index contributed by atoms with van der Waals surface area (Å²) in [6, 6.07) is 31.4. The number of carbonyl (C=O) groups is 1. The van der Waals surface area contributed by atoms with Crippen LogP contribution in [0.2, 0.25) is 0 Å². The third kappa shape index (κ3) is 4.27. The van der Waals surface area contributed by atoms with Crippen molar-refractivity contribution in [2.45, 2.75) is 30.5 Å². The van der Waals surface area contributed by atoms with Crippen molar-refractivity contribution in [2.75, 3.05) is 0 Å². The monoisotopic (exact) mass is 451 g/mol. The molecule has 33 heavy (non-hydrogen) atoms. The SMILES string of the molecule is Cc1cc(CC(=O)O)c(SCc2ccccc2)c2c1c1ccccc1n2Cc1ccccc1. The van der Waals surface area contributed by atoms with Crippen LogP contribution in [0.5, 0.6) is 0 Å². The van der Waals surface area contributed by atoms with Crippen LogP contribution < -0.4 is 0 Å². The molecule has 3 nitrogen and oxygen atoms in total. The maximum atomic E-state index is 11.8. The predicted molar refractivity (Wildman–Crippen MR) is 137 cm³/mol. The van der Waals surface area contributed by atoms with Gasteiger partial charge in [0.2, 0.25) is 0 Å². The average Bonchev–Trinajstić information content (AvgIpc) is 3.14. The van der Waals surface area contributed by atoms with Crippen molar-refractivity contribution in [3.63, 3.8) is 0 Å². The van der Waals surface area contributed by atoms with Gasteiger partial charge in [-0.15, -0.1) is 11.8 Å². The zero-order valence-electron chi connectivity index (χ0n) is 18.5. The maximum Gasteiger partial charge on any atom is 0.307 e. The van der Waals surface area contributed by atoms with Crippen LogP contribution >= 0.6 is 11.8 Å². The summed E-state index contributed by atoms with van der Waals surface area (Å²) in [6.45, 7) is 2.83. The fraction of sp³-hybridized carbons (Fsp3) is 0.138. The number of para-hydroxylation sites is 1. The van der Waals surface area contributed by atoms with Gasteiger partial charge in [0.25, 0.3) is 0 Å². The van der Waals surface area contributed by atoms with Gasteiger partial charge in [0.05, 0.1) is 11.9 Å². The first kappa shape index (κ1) is 21.4. The molecule has 5 rings (SSSR count). The summed E-state index contributed by atoms with van der Waals surface area (Å²) >= 11 is 1.74. The van der Waals surface area contributed by atoms with Gasteiger partial charge in [0.15, 0.2) is 0 Å². The Morgan fingerprint density at radius 3 is 2.21 bits per heavy atom. The van der Waals surface area contributed by atoms with Gasteiger partial charge in [-0.2, -0.15) is 0 Å². The first-order valence-electron chi connectivity index (χ1n) is 11.1. The molecule has 4 aromatic carbocycles. The lowest BCUT2D eigenvalue weighted by Gasteiger charge is -2.16. The zero-order valence-corrected chi connectivity index (χ0v) is 19.3. The highest BCUT2D eigenvalue weighted by Crippen LogP contribution is 2.41. The lowest BCUT2D eigenvalue weighted by molar-refractivity contribution is -0.136. The zero-order chi connectivity index (χ0) is 22.8. The molecule has 164 valence electrons. The van der Waals surface area contributed by atoms with Gasteiger partial charge in [0.1, 0.15) is 0 Å². The molecule has 1 heterocycles. The molecule has 0 spiro atoms. The largest absolute Gasteiger partial charge is 0.481 e. The van der Waals surface area contributed by atoms with E-state index in [1.807, 2.05) is 24.3 Å². The lowest BCUT2D eigenvalue weighted by atomic mass is 10.0. The van der Waals surface area contributed by atoms with Gasteiger partial charge >= 0.3 is 5.97 Å². The van der Waals surface area contributed by atoms with E-state index in [-0.39, 0.29) is 6.42 Å². The predicted octanol–water partition coefficient (Wildman–Crippen LogP) is 7.07. The van der Waals surface area contributed by atoms with Crippen LogP contribution in [-0.2, 0) is 23.5 Å². The van der Waals surface area contributed by atoms with E-state index in [4.69, 9.17) is 0 Å². The molecule has 0 atom stereocenters. The molecule has 1 aromatic heterocycles. The minimum atomic E-state index is -0.805. The maximum absolute atomic E-state index is 11.8. The Morgan fingerprint density at radius 2 is 1.52 bits per heavy atom. The second-order valence-electron chi connectivity index (χ2n) is 8.34. The molecule has 0 aliphatic heterocycles. The molecule has 0 amide bonds. The van der Waals surface area contributed by atoms with Crippen molar-refractivity contribution >= 4 is 39.5 Å². The molecule has 4 heteroatoms. The molecule has 0 aliphatic rings. The minimum absolute atomic E-state index is 0.0146. The summed E-state index contributed by atoms with van der Waals surface area (Å²) in [5, 5.41) is 12.1. The van der Waals surface area contributed by atoms with E-state index in [2.05, 4.69) is 78.2 Å². The molecule has 0 unspecified atom stereocenters. The van der Waals surface area contributed by atoms with E-state index < -0.39 is 5.97 Å². The van der Waals surface area contributed by atoms with Gasteiger partial charge in [-0.3, -0.25) is 4.79 Å². The van der Waals surface area contributed by atoms with Crippen LogP contribution in [0, 0.1) is 6.92 Å². The summed E-state index contributed by atoms with van der Waals surface area (Å²) < 4.78 is 2.37. The summed E-state index contributed by atoms with van der Waals surface area (Å²) in [4.78, 5) is 12.8. The van der Waals surface area contributed by atoms with Gasteiger partial charge < -0.3 is 9.67 Å². The number of aryl methyl sites for hydroxylation is 1. The molecule has 1 N–H and O–H groups in total. The molecule has 0 saturated heterocycles. The Balaban J connectivity index is 1.77. The smallest absolute Gasteiger partial charge is 0.307 e. The third-order valence-electron chi connectivity index (χ3n) is 6.01. The van der Waals surface area contributed by atoms with Crippen LogP contribution in [0.3, 0.4) is 0 Å². The first-order valence-corrected chi connectivity index (χ1v) is 12.1. The Bertz CT molecular complexity index is 1440. The van der Waals surface area contributed by atoms with Gasteiger partial charge in [-0.05, 0) is 35.2 Å². The summed E-state index contributed by atoms with van der Waals surface area (Å²) in [5.74, 6) is -0.0144. The van der Waals surface area contributed by atoms with Crippen LogP contribution in [0.4, 0.5) is 0 Å². The molecule has 0 fully saturated rings. The standard InChI is InChI=1S/C29H25NO2S/c1-20-16-23(17-26(31)32)29(33-19-22-12-6-3-7-13-22)28-27(20)24-14-8-9-15-25(24)30(28)18-21-10-4-2-5-11-21/h2-16H,17-19H2,1H3,(H,31,32). The van der Waals surface area contributed by atoms with Crippen molar-refractivity contribution in [2.24, 2.45) is 0 Å².